The number of rotatable bonds is 9. The van der Waals surface area contributed by atoms with Gasteiger partial charge in [0.2, 0.25) is 0 Å². The Morgan fingerprint density at radius 1 is 0.862 bits per heavy atom. The summed E-state index contributed by atoms with van der Waals surface area (Å²) < 4.78 is 16.9. The van der Waals surface area contributed by atoms with Crippen LogP contribution in [-0.2, 0) is 4.79 Å². The van der Waals surface area contributed by atoms with Crippen LogP contribution in [0.4, 0.5) is 0 Å². The molecule has 29 heavy (non-hydrogen) atoms. The van der Waals surface area contributed by atoms with Crippen molar-refractivity contribution in [2.45, 2.75) is 26.8 Å². The molecule has 0 aliphatic rings. The van der Waals surface area contributed by atoms with E-state index in [1.807, 2.05) is 81.4 Å². The largest absolute Gasteiger partial charge is 0.490 e. The fourth-order valence-corrected chi connectivity index (χ4v) is 3.11. The summed E-state index contributed by atoms with van der Waals surface area (Å²) in [5.74, 6) is 1.88. The van der Waals surface area contributed by atoms with Crippen LogP contribution < -0.4 is 19.5 Å². The average Bonchev–Trinajstić information content (AvgIpc) is 2.73. The number of amides is 1. The minimum atomic E-state index is -0.183. The van der Waals surface area contributed by atoms with Crippen molar-refractivity contribution in [2.75, 3.05) is 19.8 Å². The molecule has 1 amide bonds. The van der Waals surface area contributed by atoms with Gasteiger partial charge in [-0.3, -0.25) is 4.79 Å². The maximum absolute atomic E-state index is 12.4. The predicted octanol–water partition coefficient (Wildman–Crippen LogP) is 4.89. The van der Waals surface area contributed by atoms with E-state index in [0.717, 1.165) is 16.3 Å². The molecule has 0 aromatic heterocycles. The first-order valence-electron chi connectivity index (χ1n) is 9.91. The van der Waals surface area contributed by atoms with Crippen LogP contribution in [0.15, 0.2) is 60.7 Å². The molecule has 0 heterocycles. The van der Waals surface area contributed by atoms with Gasteiger partial charge in [0.25, 0.3) is 5.91 Å². The summed E-state index contributed by atoms with van der Waals surface area (Å²) in [6, 6.07) is 19.4. The molecule has 3 aromatic carbocycles. The molecular formula is C24H27NO4. The minimum absolute atomic E-state index is 0.0436. The molecule has 3 rings (SSSR count). The fraction of sp³-hybridized carbons (Fsp3) is 0.292. The molecule has 0 aliphatic heterocycles. The standard InChI is InChI=1S/C24H27NO4/c1-4-27-22-13-11-19(15-23(22)28-5-2)17(3)25-24(26)16-29-21-12-10-18-8-6-7-9-20(18)14-21/h6-15,17H,4-5,16H2,1-3H3,(H,25,26)/t17-/m1/s1. The van der Waals surface area contributed by atoms with Crippen molar-refractivity contribution >= 4 is 16.7 Å². The van der Waals surface area contributed by atoms with Crippen LogP contribution in [0.2, 0.25) is 0 Å². The van der Waals surface area contributed by atoms with E-state index in [4.69, 9.17) is 14.2 Å². The number of benzene rings is 3. The van der Waals surface area contributed by atoms with Gasteiger partial charge in [-0.05, 0) is 61.4 Å². The average molecular weight is 393 g/mol. The van der Waals surface area contributed by atoms with Crippen LogP contribution in [0.25, 0.3) is 10.8 Å². The Bertz CT molecular complexity index is 970. The Labute approximate surface area is 171 Å². The van der Waals surface area contributed by atoms with Crippen LogP contribution in [0.5, 0.6) is 17.2 Å². The van der Waals surface area contributed by atoms with Crippen LogP contribution >= 0.6 is 0 Å². The van der Waals surface area contributed by atoms with Crippen molar-refractivity contribution in [1.82, 2.24) is 5.32 Å². The Kier molecular flexibility index (Phi) is 6.95. The van der Waals surface area contributed by atoms with Gasteiger partial charge >= 0.3 is 0 Å². The van der Waals surface area contributed by atoms with E-state index in [-0.39, 0.29) is 18.6 Å². The van der Waals surface area contributed by atoms with Crippen molar-refractivity contribution in [3.05, 3.63) is 66.2 Å². The summed E-state index contributed by atoms with van der Waals surface area (Å²) in [5, 5.41) is 5.18. The first-order valence-corrected chi connectivity index (χ1v) is 9.91. The van der Waals surface area contributed by atoms with Gasteiger partial charge in [-0.2, -0.15) is 0 Å². The van der Waals surface area contributed by atoms with Gasteiger partial charge in [-0.15, -0.1) is 0 Å². The number of fused-ring (bicyclic) bond motifs is 1. The lowest BCUT2D eigenvalue weighted by molar-refractivity contribution is -0.123. The summed E-state index contributed by atoms with van der Waals surface area (Å²) in [5.41, 5.74) is 0.941. The molecule has 5 heteroatoms. The van der Waals surface area contributed by atoms with Crippen LogP contribution in [0, 0.1) is 0 Å². The Morgan fingerprint density at radius 2 is 1.59 bits per heavy atom. The van der Waals surface area contributed by atoms with Gasteiger partial charge in [0.15, 0.2) is 18.1 Å². The van der Waals surface area contributed by atoms with Gasteiger partial charge in [0.05, 0.1) is 19.3 Å². The molecular weight excluding hydrogens is 366 g/mol. The number of nitrogens with one attached hydrogen (secondary N) is 1. The molecule has 0 fully saturated rings. The van der Waals surface area contributed by atoms with Gasteiger partial charge in [-0.25, -0.2) is 0 Å². The lowest BCUT2D eigenvalue weighted by atomic mass is 10.1. The quantitative estimate of drug-likeness (QED) is 0.562. The maximum atomic E-state index is 12.4. The van der Waals surface area contributed by atoms with Crippen molar-refractivity contribution in [2.24, 2.45) is 0 Å². The van der Waals surface area contributed by atoms with Gasteiger partial charge in [0.1, 0.15) is 5.75 Å². The zero-order valence-electron chi connectivity index (χ0n) is 17.1. The monoisotopic (exact) mass is 393 g/mol. The Hall–Kier alpha value is -3.21. The number of carbonyl (C=O) groups is 1. The third-order valence-electron chi connectivity index (χ3n) is 4.54. The second-order valence-corrected chi connectivity index (χ2v) is 6.66. The highest BCUT2D eigenvalue weighted by Crippen LogP contribution is 2.30. The number of carbonyl (C=O) groups excluding carboxylic acids is 1. The van der Waals surface area contributed by atoms with Crippen molar-refractivity contribution in [3.8, 4) is 17.2 Å². The van der Waals surface area contributed by atoms with Gasteiger partial charge in [-0.1, -0.05) is 36.4 Å². The minimum Gasteiger partial charge on any atom is -0.490 e. The number of ether oxygens (including phenoxy) is 3. The number of hydrogen-bond acceptors (Lipinski definition) is 4. The zero-order chi connectivity index (χ0) is 20.6. The van der Waals surface area contributed by atoms with E-state index < -0.39 is 0 Å². The fourth-order valence-electron chi connectivity index (χ4n) is 3.11. The van der Waals surface area contributed by atoms with E-state index in [2.05, 4.69) is 5.32 Å². The van der Waals surface area contributed by atoms with E-state index in [1.54, 1.807) is 0 Å². The normalized spacial score (nSPS) is 11.7. The van der Waals surface area contributed by atoms with Gasteiger partial charge < -0.3 is 19.5 Å². The molecule has 1 atom stereocenters. The molecule has 0 saturated heterocycles. The zero-order valence-corrected chi connectivity index (χ0v) is 17.1. The highest BCUT2D eigenvalue weighted by molar-refractivity contribution is 5.84. The highest BCUT2D eigenvalue weighted by atomic mass is 16.5. The second-order valence-electron chi connectivity index (χ2n) is 6.66. The van der Waals surface area contributed by atoms with Crippen molar-refractivity contribution in [3.63, 3.8) is 0 Å². The molecule has 5 nitrogen and oxygen atoms in total. The first kappa shape index (κ1) is 20.5. The third-order valence-corrected chi connectivity index (χ3v) is 4.54. The number of hydrogen-bond donors (Lipinski definition) is 1. The highest BCUT2D eigenvalue weighted by Gasteiger charge is 2.14. The van der Waals surface area contributed by atoms with Crippen LogP contribution in [-0.4, -0.2) is 25.7 Å². The summed E-state index contributed by atoms with van der Waals surface area (Å²) in [7, 11) is 0. The van der Waals surface area contributed by atoms with E-state index in [1.165, 1.54) is 0 Å². The van der Waals surface area contributed by atoms with Crippen molar-refractivity contribution in [1.29, 1.82) is 0 Å². The van der Waals surface area contributed by atoms with Crippen LogP contribution in [0.1, 0.15) is 32.4 Å². The smallest absolute Gasteiger partial charge is 0.258 e. The van der Waals surface area contributed by atoms with E-state index >= 15 is 0 Å². The Balaban J connectivity index is 1.60. The summed E-state index contributed by atoms with van der Waals surface area (Å²) in [6.07, 6.45) is 0. The maximum Gasteiger partial charge on any atom is 0.258 e. The molecule has 0 radical (unpaired) electrons. The molecule has 0 bridgehead atoms. The summed E-state index contributed by atoms with van der Waals surface area (Å²) >= 11 is 0. The van der Waals surface area contributed by atoms with Crippen molar-refractivity contribution < 1.29 is 19.0 Å². The molecule has 152 valence electrons. The Morgan fingerprint density at radius 3 is 2.34 bits per heavy atom. The summed E-state index contributed by atoms with van der Waals surface area (Å²) in [6.45, 7) is 6.86. The molecule has 0 unspecified atom stereocenters. The first-order chi connectivity index (χ1) is 14.1. The van der Waals surface area contributed by atoms with E-state index in [9.17, 15) is 4.79 Å². The van der Waals surface area contributed by atoms with E-state index in [0.29, 0.717) is 30.5 Å². The van der Waals surface area contributed by atoms with Crippen LogP contribution in [0.3, 0.4) is 0 Å². The molecule has 3 aromatic rings. The topological polar surface area (TPSA) is 56.8 Å². The lowest BCUT2D eigenvalue weighted by Gasteiger charge is -2.18. The molecule has 1 N–H and O–H groups in total. The third kappa shape index (κ3) is 5.41. The second kappa shape index (κ2) is 9.82. The lowest BCUT2D eigenvalue weighted by Crippen LogP contribution is -2.31. The van der Waals surface area contributed by atoms with Gasteiger partial charge in [0, 0.05) is 0 Å². The SMILES string of the molecule is CCOc1ccc([C@@H](C)NC(=O)COc2ccc3ccccc3c2)cc1OCC. The molecule has 0 spiro atoms. The molecule has 0 saturated carbocycles. The predicted molar refractivity (Wildman–Crippen MR) is 115 cm³/mol. The molecule has 0 aliphatic carbocycles. The summed E-state index contributed by atoms with van der Waals surface area (Å²) in [4.78, 5) is 12.4.